The average Bonchev–Trinajstić information content (AvgIpc) is 2.71. The Bertz CT molecular complexity index is 522. The van der Waals surface area contributed by atoms with Gasteiger partial charge in [0.1, 0.15) is 0 Å². The highest BCUT2D eigenvalue weighted by Gasteiger charge is 2.16. The van der Waals surface area contributed by atoms with E-state index in [4.69, 9.17) is 23.2 Å². The molecule has 1 heterocycles. The Morgan fingerprint density at radius 1 is 1.35 bits per heavy atom. The number of rotatable bonds is 3. The van der Waals surface area contributed by atoms with Crippen LogP contribution in [0, 0.1) is 0 Å². The van der Waals surface area contributed by atoms with Gasteiger partial charge in [-0.1, -0.05) is 23.2 Å². The largest absolute Gasteiger partial charge is 0.309 e. The fraction of sp³-hybridized carbons (Fsp3) is 0.250. The molecule has 0 spiro atoms. The van der Waals surface area contributed by atoms with Gasteiger partial charge in [-0.2, -0.15) is 5.10 Å². The molecule has 5 heteroatoms. The van der Waals surface area contributed by atoms with Gasteiger partial charge in [0.2, 0.25) is 0 Å². The van der Waals surface area contributed by atoms with E-state index in [-0.39, 0.29) is 6.04 Å². The van der Waals surface area contributed by atoms with Crippen molar-refractivity contribution in [3.05, 3.63) is 51.8 Å². The zero-order valence-electron chi connectivity index (χ0n) is 9.61. The second-order valence-corrected chi connectivity index (χ2v) is 4.68. The summed E-state index contributed by atoms with van der Waals surface area (Å²) in [6.07, 6.45) is 3.77. The molecular weight excluding hydrogens is 257 g/mol. The Morgan fingerprint density at radius 2 is 2.12 bits per heavy atom. The van der Waals surface area contributed by atoms with Crippen LogP contribution >= 0.6 is 23.2 Å². The van der Waals surface area contributed by atoms with E-state index in [1.807, 2.05) is 32.6 Å². The summed E-state index contributed by atoms with van der Waals surface area (Å²) < 4.78 is 1.76. The van der Waals surface area contributed by atoms with Crippen LogP contribution in [0.15, 0.2) is 30.6 Å². The van der Waals surface area contributed by atoms with Gasteiger partial charge in [0.25, 0.3) is 0 Å². The molecule has 0 fully saturated rings. The maximum Gasteiger partial charge on any atom is 0.0620 e. The third-order valence-electron chi connectivity index (χ3n) is 2.62. The van der Waals surface area contributed by atoms with E-state index < -0.39 is 0 Å². The van der Waals surface area contributed by atoms with Crippen molar-refractivity contribution in [1.29, 1.82) is 0 Å². The second kappa shape index (κ2) is 5.08. The summed E-state index contributed by atoms with van der Waals surface area (Å²) in [7, 11) is 3.77. The lowest BCUT2D eigenvalue weighted by molar-refractivity contribution is 0.689. The SMILES string of the molecule is CNC(c1cnn(C)c1)c1cc(Cl)ccc1Cl. The van der Waals surface area contributed by atoms with Gasteiger partial charge in [-0.15, -0.1) is 0 Å². The smallest absolute Gasteiger partial charge is 0.0620 e. The van der Waals surface area contributed by atoms with Gasteiger partial charge in [-0.05, 0) is 30.8 Å². The molecular formula is C12H13Cl2N3. The Labute approximate surface area is 110 Å². The molecule has 2 aromatic rings. The van der Waals surface area contributed by atoms with Crippen molar-refractivity contribution in [2.75, 3.05) is 7.05 Å². The molecule has 1 aromatic heterocycles. The molecule has 17 heavy (non-hydrogen) atoms. The first-order valence-electron chi connectivity index (χ1n) is 5.22. The maximum absolute atomic E-state index is 6.20. The molecule has 0 aliphatic rings. The van der Waals surface area contributed by atoms with E-state index in [2.05, 4.69) is 10.4 Å². The lowest BCUT2D eigenvalue weighted by atomic mass is 10.0. The van der Waals surface area contributed by atoms with Crippen LogP contribution in [0.5, 0.6) is 0 Å². The maximum atomic E-state index is 6.20. The highest BCUT2D eigenvalue weighted by molar-refractivity contribution is 6.33. The molecule has 1 atom stereocenters. The molecule has 0 amide bonds. The summed E-state index contributed by atoms with van der Waals surface area (Å²) in [6.45, 7) is 0. The summed E-state index contributed by atoms with van der Waals surface area (Å²) in [4.78, 5) is 0. The third kappa shape index (κ3) is 2.63. The molecule has 0 saturated heterocycles. The fourth-order valence-electron chi connectivity index (χ4n) is 1.83. The highest BCUT2D eigenvalue weighted by atomic mass is 35.5. The van der Waals surface area contributed by atoms with E-state index in [0.29, 0.717) is 10.0 Å². The van der Waals surface area contributed by atoms with Gasteiger partial charge < -0.3 is 5.32 Å². The molecule has 1 aromatic carbocycles. The van der Waals surface area contributed by atoms with Crippen LogP contribution in [0.25, 0.3) is 0 Å². The van der Waals surface area contributed by atoms with Gasteiger partial charge >= 0.3 is 0 Å². The van der Waals surface area contributed by atoms with E-state index in [9.17, 15) is 0 Å². The Hall–Kier alpha value is -1.03. The van der Waals surface area contributed by atoms with Gasteiger partial charge in [-0.3, -0.25) is 4.68 Å². The topological polar surface area (TPSA) is 29.9 Å². The third-order valence-corrected chi connectivity index (χ3v) is 3.20. The predicted molar refractivity (Wildman–Crippen MR) is 70.6 cm³/mol. The van der Waals surface area contributed by atoms with Gasteiger partial charge in [0.05, 0.1) is 12.2 Å². The van der Waals surface area contributed by atoms with Crippen molar-refractivity contribution in [2.45, 2.75) is 6.04 Å². The van der Waals surface area contributed by atoms with Crippen LogP contribution in [0.3, 0.4) is 0 Å². The van der Waals surface area contributed by atoms with Gasteiger partial charge in [0.15, 0.2) is 0 Å². The average molecular weight is 270 g/mol. The quantitative estimate of drug-likeness (QED) is 0.929. The first-order valence-corrected chi connectivity index (χ1v) is 5.98. The molecule has 1 N–H and O–H groups in total. The highest BCUT2D eigenvalue weighted by Crippen LogP contribution is 2.30. The van der Waals surface area contributed by atoms with E-state index in [1.165, 1.54) is 0 Å². The standard InChI is InChI=1S/C12H13Cl2N3/c1-15-12(8-6-16-17(2)7-8)10-5-9(13)3-4-11(10)14/h3-7,12,15H,1-2H3. The molecule has 0 aliphatic heterocycles. The summed E-state index contributed by atoms with van der Waals surface area (Å²) in [5.41, 5.74) is 2.01. The zero-order valence-corrected chi connectivity index (χ0v) is 11.1. The second-order valence-electron chi connectivity index (χ2n) is 3.83. The van der Waals surface area contributed by atoms with Crippen molar-refractivity contribution in [3.63, 3.8) is 0 Å². The lowest BCUT2D eigenvalue weighted by Crippen LogP contribution is -2.17. The number of aromatic nitrogens is 2. The fourth-order valence-corrected chi connectivity index (χ4v) is 2.23. The molecule has 2 rings (SSSR count). The first kappa shape index (κ1) is 12.4. The Balaban J connectivity index is 2.45. The number of nitrogens with one attached hydrogen (secondary N) is 1. The molecule has 0 saturated carbocycles. The van der Waals surface area contributed by atoms with Crippen LogP contribution in [0.2, 0.25) is 10.0 Å². The first-order chi connectivity index (χ1) is 8.11. The number of hydrogen-bond donors (Lipinski definition) is 1. The molecule has 1 unspecified atom stereocenters. The van der Waals surface area contributed by atoms with E-state index in [1.54, 1.807) is 16.8 Å². The van der Waals surface area contributed by atoms with Crippen LogP contribution in [0.1, 0.15) is 17.2 Å². The minimum atomic E-state index is -0.00472. The van der Waals surface area contributed by atoms with E-state index in [0.717, 1.165) is 11.1 Å². The minimum Gasteiger partial charge on any atom is -0.309 e. The molecule has 3 nitrogen and oxygen atoms in total. The van der Waals surface area contributed by atoms with Crippen molar-refractivity contribution >= 4 is 23.2 Å². The predicted octanol–water partition coefficient (Wildman–Crippen LogP) is 3.04. The Kier molecular flexibility index (Phi) is 3.72. The minimum absolute atomic E-state index is 0.00472. The number of aryl methyl sites for hydroxylation is 1. The van der Waals surface area contributed by atoms with Crippen LogP contribution in [-0.2, 0) is 7.05 Å². The van der Waals surface area contributed by atoms with E-state index >= 15 is 0 Å². The van der Waals surface area contributed by atoms with Crippen molar-refractivity contribution in [1.82, 2.24) is 15.1 Å². The zero-order chi connectivity index (χ0) is 12.4. The number of benzene rings is 1. The van der Waals surface area contributed by atoms with Gasteiger partial charge in [0, 0.05) is 28.9 Å². The lowest BCUT2D eigenvalue weighted by Gasteiger charge is -2.16. The normalized spacial score (nSPS) is 12.7. The van der Waals surface area contributed by atoms with Crippen LogP contribution in [0.4, 0.5) is 0 Å². The number of halogens is 2. The van der Waals surface area contributed by atoms with Crippen LogP contribution in [-0.4, -0.2) is 16.8 Å². The number of nitrogens with zero attached hydrogens (tertiary/aromatic N) is 2. The molecule has 0 radical (unpaired) electrons. The Morgan fingerprint density at radius 3 is 2.71 bits per heavy atom. The monoisotopic (exact) mass is 269 g/mol. The summed E-state index contributed by atoms with van der Waals surface area (Å²) in [5.74, 6) is 0. The molecule has 90 valence electrons. The summed E-state index contributed by atoms with van der Waals surface area (Å²) in [5, 5.41) is 8.75. The molecule has 0 bridgehead atoms. The summed E-state index contributed by atoms with van der Waals surface area (Å²) in [6, 6.07) is 5.45. The van der Waals surface area contributed by atoms with Crippen molar-refractivity contribution in [2.24, 2.45) is 7.05 Å². The number of hydrogen-bond acceptors (Lipinski definition) is 2. The van der Waals surface area contributed by atoms with Crippen molar-refractivity contribution < 1.29 is 0 Å². The van der Waals surface area contributed by atoms with Crippen LogP contribution < -0.4 is 5.32 Å². The summed E-state index contributed by atoms with van der Waals surface area (Å²) >= 11 is 12.2. The molecule has 0 aliphatic carbocycles. The van der Waals surface area contributed by atoms with Gasteiger partial charge in [-0.25, -0.2) is 0 Å². The van der Waals surface area contributed by atoms with Crippen molar-refractivity contribution in [3.8, 4) is 0 Å².